The van der Waals surface area contributed by atoms with Gasteiger partial charge in [0, 0.05) is 0 Å². The molecule has 0 N–H and O–H groups in total. The molecule has 0 atom stereocenters. The molecule has 0 saturated carbocycles. The van der Waals surface area contributed by atoms with E-state index in [1.54, 1.807) is 2.89 Å². The molecule has 0 aliphatic carbocycles. The maximum atomic E-state index is 12.8. The topological polar surface area (TPSA) is 17.3 Å². The number of thioether (sulfide) groups is 1. The number of alkyl halides is 1. The zero-order valence-corrected chi connectivity index (χ0v) is 19.8. The first-order valence-corrected chi connectivity index (χ1v) is 18.6. The molecule has 0 fully saturated rings. The Morgan fingerprint density at radius 2 is 1.67 bits per heavy atom. The first-order valence-electron chi connectivity index (χ1n) is 9.36. The summed E-state index contributed by atoms with van der Waals surface area (Å²) in [6.07, 6.45) is 12.3. The minimum absolute atomic E-state index is 0.393. The third kappa shape index (κ3) is 4.91. The standard InChI is InChI=1S/C6H4FN2S2.3C4H9.Sn/c7-3-11-5-6-9(4-8-5)1-2-10-6;3*1-3-4-2;/h1,4H,3H2;3*1,3-4H2,2H3;. The van der Waals surface area contributed by atoms with Gasteiger partial charge in [0.25, 0.3) is 0 Å². The van der Waals surface area contributed by atoms with Crippen molar-refractivity contribution in [1.82, 2.24) is 9.38 Å². The summed E-state index contributed by atoms with van der Waals surface area (Å²) in [5, 5.41) is 0.871. The van der Waals surface area contributed by atoms with E-state index in [0.29, 0.717) is 0 Å². The Morgan fingerprint density at radius 3 is 2.17 bits per heavy atom. The predicted octanol–water partition coefficient (Wildman–Crippen LogP) is 6.47. The van der Waals surface area contributed by atoms with Gasteiger partial charge in [0.05, 0.1) is 0 Å². The normalized spacial score (nSPS) is 12.3. The van der Waals surface area contributed by atoms with E-state index >= 15 is 0 Å². The van der Waals surface area contributed by atoms with Gasteiger partial charge in [-0.15, -0.1) is 0 Å². The molecule has 0 amide bonds. The average Bonchev–Trinajstić information content (AvgIpc) is 3.17. The molecule has 136 valence electrons. The van der Waals surface area contributed by atoms with E-state index in [1.165, 1.54) is 68.4 Å². The van der Waals surface area contributed by atoms with Crippen LogP contribution in [0.4, 0.5) is 4.39 Å². The van der Waals surface area contributed by atoms with Crippen LogP contribution in [0.2, 0.25) is 13.3 Å². The summed E-state index contributed by atoms with van der Waals surface area (Å²) in [4.78, 5) is 5.54. The van der Waals surface area contributed by atoms with Crippen molar-refractivity contribution in [3.05, 3.63) is 12.5 Å². The molecule has 0 unspecified atom stereocenters. The second-order valence-electron chi connectivity index (χ2n) is 6.70. The fourth-order valence-electron chi connectivity index (χ4n) is 3.46. The monoisotopic (exact) mass is 478 g/mol. The number of imidazole rings is 1. The van der Waals surface area contributed by atoms with Gasteiger partial charge in [0.2, 0.25) is 0 Å². The molecular formula is C18H31FN2S2Sn. The van der Waals surface area contributed by atoms with Gasteiger partial charge in [-0.1, -0.05) is 0 Å². The van der Waals surface area contributed by atoms with Crippen molar-refractivity contribution >= 4 is 49.2 Å². The van der Waals surface area contributed by atoms with Gasteiger partial charge in [-0.2, -0.15) is 0 Å². The molecule has 0 spiro atoms. The first-order chi connectivity index (χ1) is 11.7. The summed E-state index contributed by atoms with van der Waals surface area (Å²) < 4.78 is 21.0. The van der Waals surface area contributed by atoms with Crippen LogP contribution >= 0.6 is 23.1 Å². The molecule has 0 aliphatic rings. The molecule has 2 rings (SSSR count). The van der Waals surface area contributed by atoms with E-state index in [-0.39, 0.29) is 0 Å². The van der Waals surface area contributed by atoms with Crippen LogP contribution in [0.1, 0.15) is 59.3 Å². The molecular weight excluding hydrogens is 446 g/mol. The van der Waals surface area contributed by atoms with Crippen LogP contribution < -0.4 is 2.89 Å². The van der Waals surface area contributed by atoms with E-state index in [2.05, 4.69) is 36.4 Å². The Labute approximate surface area is 158 Å². The van der Waals surface area contributed by atoms with Crippen LogP contribution in [0, 0.1) is 0 Å². The molecule has 2 heterocycles. The van der Waals surface area contributed by atoms with Crippen molar-refractivity contribution in [1.29, 1.82) is 0 Å². The molecule has 2 aromatic heterocycles. The number of unbranched alkanes of at least 4 members (excludes halogenated alkanes) is 3. The third-order valence-corrected chi connectivity index (χ3v) is 25.0. The number of rotatable bonds is 12. The number of hydrogen-bond donors (Lipinski definition) is 0. The van der Waals surface area contributed by atoms with E-state index in [1.807, 2.05) is 17.7 Å². The average molecular weight is 477 g/mol. The Hall–Kier alpha value is 0.249. The molecule has 0 saturated heterocycles. The maximum absolute atomic E-state index is 12.8. The van der Waals surface area contributed by atoms with E-state index in [0.717, 1.165) is 5.03 Å². The van der Waals surface area contributed by atoms with Crippen molar-refractivity contribution in [2.24, 2.45) is 0 Å². The molecule has 0 bridgehead atoms. The Morgan fingerprint density at radius 1 is 1.08 bits per heavy atom. The van der Waals surface area contributed by atoms with Crippen molar-refractivity contribution < 1.29 is 4.39 Å². The van der Waals surface area contributed by atoms with Crippen LogP contribution in [-0.2, 0) is 0 Å². The van der Waals surface area contributed by atoms with Crippen LogP contribution in [0.5, 0.6) is 0 Å². The number of fused-ring (bicyclic) bond motifs is 1. The summed E-state index contributed by atoms with van der Waals surface area (Å²) in [7, 11) is 0. The summed E-state index contributed by atoms with van der Waals surface area (Å²) in [5.41, 5.74) is 0. The van der Waals surface area contributed by atoms with Gasteiger partial charge in [0.1, 0.15) is 0 Å². The quantitative estimate of drug-likeness (QED) is 0.258. The Balaban J connectivity index is 2.38. The fraction of sp³-hybridized carbons (Fsp3) is 0.722. The van der Waals surface area contributed by atoms with Gasteiger partial charge in [-0.3, -0.25) is 0 Å². The van der Waals surface area contributed by atoms with Crippen LogP contribution in [0.25, 0.3) is 4.83 Å². The number of nitrogens with zero attached hydrogens (tertiary/aromatic N) is 2. The first kappa shape index (κ1) is 20.6. The predicted molar refractivity (Wildman–Crippen MR) is 109 cm³/mol. The van der Waals surface area contributed by atoms with Crippen molar-refractivity contribution in [3.63, 3.8) is 0 Å². The van der Waals surface area contributed by atoms with Crippen LogP contribution in [0.15, 0.2) is 17.6 Å². The minimum atomic E-state index is -2.36. The number of aromatic nitrogens is 2. The fourth-order valence-corrected chi connectivity index (χ4v) is 24.1. The third-order valence-electron chi connectivity index (χ3n) is 4.92. The molecule has 0 aliphatic heterocycles. The molecule has 6 heteroatoms. The van der Waals surface area contributed by atoms with E-state index in [9.17, 15) is 4.39 Å². The van der Waals surface area contributed by atoms with Gasteiger partial charge in [-0.25, -0.2) is 0 Å². The second-order valence-corrected chi connectivity index (χ2v) is 22.8. The van der Waals surface area contributed by atoms with Gasteiger partial charge < -0.3 is 0 Å². The molecule has 2 aromatic rings. The zero-order valence-electron chi connectivity index (χ0n) is 15.3. The van der Waals surface area contributed by atoms with E-state index < -0.39 is 24.4 Å². The molecule has 0 radical (unpaired) electrons. The zero-order chi connectivity index (χ0) is 17.4. The Bertz CT molecular complexity index is 589. The SMILES string of the molecule is CCC[CH2][Sn]([CH2]CCC)([CH2]CCC)[c]1cn2cnc(SCF)c2s1. The molecule has 0 aromatic carbocycles. The van der Waals surface area contributed by atoms with Crippen molar-refractivity contribution in [2.75, 3.05) is 6.01 Å². The van der Waals surface area contributed by atoms with Crippen molar-refractivity contribution in [2.45, 2.75) is 77.6 Å². The Kier molecular flexibility index (Phi) is 8.92. The molecule has 2 nitrogen and oxygen atoms in total. The van der Waals surface area contributed by atoms with Gasteiger partial charge in [-0.05, 0) is 0 Å². The van der Waals surface area contributed by atoms with Gasteiger partial charge in [0.15, 0.2) is 0 Å². The van der Waals surface area contributed by atoms with Gasteiger partial charge >= 0.3 is 159 Å². The summed E-state index contributed by atoms with van der Waals surface area (Å²) in [6, 6.07) is -0.393. The second kappa shape index (κ2) is 10.4. The molecule has 24 heavy (non-hydrogen) atoms. The number of halogens is 1. The number of thiazole rings is 1. The summed E-state index contributed by atoms with van der Waals surface area (Å²) in [6.45, 7) is 6.95. The van der Waals surface area contributed by atoms with E-state index in [4.69, 9.17) is 0 Å². The van der Waals surface area contributed by atoms with Crippen LogP contribution in [0.3, 0.4) is 0 Å². The summed E-state index contributed by atoms with van der Waals surface area (Å²) in [5.74, 6) is 0. The summed E-state index contributed by atoms with van der Waals surface area (Å²) >= 11 is 0.800. The van der Waals surface area contributed by atoms with Crippen molar-refractivity contribution in [3.8, 4) is 0 Å². The number of hydrogen-bond acceptors (Lipinski definition) is 3. The van der Waals surface area contributed by atoms with Crippen LogP contribution in [-0.4, -0.2) is 33.8 Å².